The molecule has 1 saturated heterocycles. The van der Waals surface area contributed by atoms with Crippen LogP contribution in [0.15, 0.2) is 60.8 Å². The van der Waals surface area contributed by atoms with Crippen molar-refractivity contribution < 1.29 is 19.1 Å². The number of rotatable bonds is 10. The maximum Gasteiger partial charge on any atom is 0.251 e. The fraction of sp³-hybridized carbons (Fsp3) is 0.333. The Morgan fingerprint density at radius 3 is 2.51 bits per heavy atom. The largest absolute Gasteiger partial charge is 0.493 e. The van der Waals surface area contributed by atoms with Gasteiger partial charge in [-0.15, -0.1) is 0 Å². The molecule has 2 aromatic carbocycles. The number of piperidine rings is 1. The zero-order chi connectivity index (χ0) is 27.4. The summed E-state index contributed by atoms with van der Waals surface area (Å²) in [6.07, 6.45) is 6.18. The lowest BCUT2D eigenvalue weighted by atomic mass is 9.97. The second-order valence-electron chi connectivity index (χ2n) is 10.0. The van der Waals surface area contributed by atoms with Gasteiger partial charge < -0.3 is 25.4 Å². The Morgan fingerprint density at radius 2 is 1.85 bits per heavy atom. The molecule has 1 aliphatic carbocycles. The molecule has 9 nitrogen and oxygen atoms in total. The number of anilines is 1. The van der Waals surface area contributed by atoms with Crippen molar-refractivity contribution in [3.05, 3.63) is 83.2 Å². The SMILES string of the molecule is COc1cc(C(=N)c2cc(C(=O)NC(c3ccccn3)C3CC3)ccc2N)ccc1OC1CCN(C=O)CC1. The predicted molar refractivity (Wildman–Crippen MR) is 148 cm³/mol. The topological polar surface area (TPSA) is 131 Å². The molecule has 5 rings (SSSR count). The number of amides is 2. The standard InChI is InChI=1S/C30H33N5O4/c1-38-27-17-20(8-10-26(27)39-22-11-14-35(18-36)15-12-22)28(32)23-16-21(7-9-24(23)31)30(37)34-29(19-5-6-19)25-4-2-3-13-33-25/h2-4,7-10,13,16-19,22,29,32H,5-6,11-12,14-15,31H2,1H3,(H,34,37). The Morgan fingerprint density at radius 1 is 1.08 bits per heavy atom. The van der Waals surface area contributed by atoms with Gasteiger partial charge in [-0.2, -0.15) is 0 Å². The number of hydrogen-bond donors (Lipinski definition) is 3. The summed E-state index contributed by atoms with van der Waals surface area (Å²) in [6.45, 7) is 1.32. The van der Waals surface area contributed by atoms with Gasteiger partial charge in [0.1, 0.15) is 6.10 Å². The summed E-state index contributed by atoms with van der Waals surface area (Å²) in [5.41, 5.74) is 9.16. The van der Waals surface area contributed by atoms with Gasteiger partial charge in [-0.3, -0.25) is 20.0 Å². The second-order valence-corrected chi connectivity index (χ2v) is 10.0. The minimum atomic E-state index is -0.228. The fourth-order valence-electron chi connectivity index (χ4n) is 4.92. The van der Waals surface area contributed by atoms with Crippen LogP contribution in [-0.4, -0.2) is 54.2 Å². The van der Waals surface area contributed by atoms with Crippen LogP contribution in [0.25, 0.3) is 0 Å². The summed E-state index contributed by atoms with van der Waals surface area (Å²) >= 11 is 0. The number of hydrogen-bond acceptors (Lipinski definition) is 7. The lowest BCUT2D eigenvalue weighted by molar-refractivity contribution is -0.119. The molecular weight excluding hydrogens is 494 g/mol. The van der Waals surface area contributed by atoms with Gasteiger partial charge in [0, 0.05) is 54.5 Å². The van der Waals surface area contributed by atoms with Crippen LogP contribution >= 0.6 is 0 Å². The molecule has 2 amide bonds. The predicted octanol–water partition coefficient (Wildman–Crippen LogP) is 3.97. The third kappa shape index (κ3) is 6.03. The van der Waals surface area contributed by atoms with Crippen LogP contribution in [0.2, 0.25) is 0 Å². The number of nitrogens with two attached hydrogens (primary N) is 1. The quantitative estimate of drug-likeness (QED) is 0.208. The van der Waals surface area contributed by atoms with E-state index in [4.69, 9.17) is 20.6 Å². The molecule has 1 atom stereocenters. The number of pyridine rings is 1. The van der Waals surface area contributed by atoms with Crippen LogP contribution in [0.3, 0.4) is 0 Å². The number of carbonyl (C=O) groups excluding carboxylic acids is 2. The summed E-state index contributed by atoms with van der Waals surface area (Å²) in [7, 11) is 1.56. The molecule has 4 N–H and O–H groups in total. The molecule has 0 spiro atoms. The second kappa shape index (κ2) is 11.6. The van der Waals surface area contributed by atoms with E-state index in [1.807, 2.05) is 18.2 Å². The average molecular weight is 528 g/mol. The highest BCUT2D eigenvalue weighted by Crippen LogP contribution is 2.40. The van der Waals surface area contributed by atoms with Gasteiger partial charge in [0.2, 0.25) is 6.41 Å². The van der Waals surface area contributed by atoms with Crippen molar-refractivity contribution in [3.8, 4) is 11.5 Å². The van der Waals surface area contributed by atoms with Crippen molar-refractivity contribution in [1.82, 2.24) is 15.2 Å². The molecule has 0 bridgehead atoms. The van der Waals surface area contributed by atoms with E-state index >= 15 is 0 Å². The van der Waals surface area contributed by atoms with Crippen LogP contribution in [0.1, 0.15) is 58.9 Å². The summed E-state index contributed by atoms with van der Waals surface area (Å²) in [5.74, 6) is 1.24. The van der Waals surface area contributed by atoms with E-state index in [0.717, 1.165) is 37.8 Å². The lowest BCUT2D eigenvalue weighted by Crippen LogP contribution is -2.37. The van der Waals surface area contributed by atoms with Gasteiger partial charge in [-0.1, -0.05) is 6.07 Å². The van der Waals surface area contributed by atoms with Gasteiger partial charge in [-0.25, -0.2) is 0 Å². The first kappa shape index (κ1) is 26.2. The van der Waals surface area contributed by atoms with Gasteiger partial charge in [0.05, 0.1) is 24.6 Å². The zero-order valence-electron chi connectivity index (χ0n) is 21.9. The number of nitrogen functional groups attached to an aromatic ring is 1. The Kier molecular flexibility index (Phi) is 7.76. The van der Waals surface area contributed by atoms with Crippen molar-refractivity contribution in [2.24, 2.45) is 5.92 Å². The highest BCUT2D eigenvalue weighted by molar-refractivity contribution is 6.15. The molecular formula is C30H33N5O4. The lowest BCUT2D eigenvalue weighted by Gasteiger charge is -2.30. The molecule has 1 unspecified atom stereocenters. The monoisotopic (exact) mass is 527 g/mol. The third-order valence-electron chi connectivity index (χ3n) is 7.34. The van der Waals surface area contributed by atoms with Crippen LogP contribution in [0.5, 0.6) is 11.5 Å². The highest BCUT2D eigenvalue weighted by atomic mass is 16.5. The van der Waals surface area contributed by atoms with Crippen LogP contribution in [0.4, 0.5) is 5.69 Å². The Labute approximate surface area is 227 Å². The summed E-state index contributed by atoms with van der Waals surface area (Å²) in [5, 5.41) is 12.0. The Bertz CT molecular complexity index is 1350. The fourth-order valence-corrected chi connectivity index (χ4v) is 4.92. The molecule has 3 aromatic rings. The zero-order valence-corrected chi connectivity index (χ0v) is 21.9. The molecule has 2 aliphatic rings. The van der Waals surface area contributed by atoms with Gasteiger partial charge in [0.15, 0.2) is 11.5 Å². The molecule has 1 aromatic heterocycles. The number of aromatic nitrogens is 1. The van der Waals surface area contributed by atoms with Crippen LogP contribution in [-0.2, 0) is 4.79 Å². The molecule has 1 saturated carbocycles. The van der Waals surface area contributed by atoms with E-state index in [1.54, 1.807) is 54.6 Å². The van der Waals surface area contributed by atoms with Crippen molar-refractivity contribution >= 4 is 23.7 Å². The number of benzene rings is 2. The average Bonchev–Trinajstić information content (AvgIpc) is 3.82. The molecule has 0 radical (unpaired) electrons. The van der Waals surface area contributed by atoms with Crippen molar-refractivity contribution in [3.63, 3.8) is 0 Å². The minimum absolute atomic E-state index is 0.0169. The van der Waals surface area contributed by atoms with E-state index in [9.17, 15) is 9.59 Å². The first-order chi connectivity index (χ1) is 19.0. The van der Waals surface area contributed by atoms with Crippen LogP contribution in [0, 0.1) is 11.3 Å². The number of likely N-dealkylation sites (tertiary alicyclic amines) is 1. The van der Waals surface area contributed by atoms with Crippen molar-refractivity contribution in [2.45, 2.75) is 37.8 Å². The first-order valence-corrected chi connectivity index (χ1v) is 13.2. The Hall–Kier alpha value is -4.40. The van der Waals surface area contributed by atoms with E-state index in [1.165, 1.54) is 0 Å². The number of methoxy groups -OCH3 is 1. The third-order valence-corrected chi connectivity index (χ3v) is 7.34. The molecule has 202 valence electrons. The van der Waals surface area contributed by atoms with Gasteiger partial charge >= 0.3 is 0 Å². The first-order valence-electron chi connectivity index (χ1n) is 13.2. The number of ether oxygens (including phenoxy) is 2. The van der Waals surface area contributed by atoms with E-state index in [0.29, 0.717) is 52.9 Å². The summed E-state index contributed by atoms with van der Waals surface area (Å²) < 4.78 is 11.7. The maximum atomic E-state index is 13.2. The van der Waals surface area contributed by atoms with E-state index < -0.39 is 0 Å². The highest BCUT2D eigenvalue weighted by Gasteiger charge is 2.34. The molecule has 2 heterocycles. The molecule has 39 heavy (non-hydrogen) atoms. The normalized spacial score (nSPS) is 16.3. The molecule has 2 fully saturated rings. The van der Waals surface area contributed by atoms with E-state index in [2.05, 4.69) is 10.3 Å². The van der Waals surface area contributed by atoms with Crippen LogP contribution < -0.4 is 20.5 Å². The maximum absolute atomic E-state index is 13.2. The Balaban J connectivity index is 1.32. The smallest absolute Gasteiger partial charge is 0.251 e. The number of nitrogens with zero attached hydrogens (tertiary/aromatic N) is 2. The molecule has 1 aliphatic heterocycles. The van der Waals surface area contributed by atoms with E-state index in [-0.39, 0.29) is 23.8 Å². The number of nitrogens with one attached hydrogen (secondary N) is 2. The van der Waals surface area contributed by atoms with Gasteiger partial charge in [0.25, 0.3) is 5.91 Å². The molecule has 9 heteroatoms. The van der Waals surface area contributed by atoms with Gasteiger partial charge in [-0.05, 0) is 67.3 Å². The summed E-state index contributed by atoms with van der Waals surface area (Å²) in [4.78, 5) is 30.4. The van der Waals surface area contributed by atoms with Crippen molar-refractivity contribution in [2.75, 3.05) is 25.9 Å². The van der Waals surface area contributed by atoms with Crippen molar-refractivity contribution in [1.29, 1.82) is 5.41 Å². The summed E-state index contributed by atoms with van der Waals surface area (Å²) in [6, 6.07) is 15.9. The minimum Gasteiger partial charge on any atom is -0.493 e. The number of carbonyl (C=O) groups is 2.